The van der Waals surface area contributed by atoms with Gasteiger partial charge in [0.05, 0.1) is 12.4 Å². The first-order valence-corrected chi connectivity index (χ1v) is 11.5. The lowest BCUT2D eigenvalue weighted by atomic mass is 10.1. The lowest BCUT2D eigenvalue weighted by molar-refractivity contribution is 0.0410. The summed E-state index contributed by atoms with van der Waals surface area (Å²) in [5, 5.41) is 1.33. The van der Waals surface area contributed by atoms with Crippen molar-refractivity contribution >= 4 is 23.2 Å². The van der Waals surface area contributed by atoms with Crippen LogP contribution in [0.4, 0.5) is 0 Å². The van der Waals surface area contributed by atoms with Gasteiger partial charge in [-0.25, -0.2) is 4.98 Å². The second-order valence-electron chi connectivity index (χ2n) is 7.44. The van der Waals surface area contributed by atoms with Crippen LogP contribution in [0, 0.1) is 0 Å². The molecule has 156 valence electrons. The standard InChI is InChI=1S/C23H34Cl2N2O/c1-2-3-4-5-6-7-8-9-10-17-28-23(13-15-27-16-14-26-19-27)21-12-11-20(24)18-22(21)25/h11-12,14,16,18-19,23H,2-10,13,15,17H2,1H3. The fourth-order valence-electron chi connectivity index (χ4n) is 3.41. The maximum Gasteiger partial charge on any atom is 0.0945 e. The van der Waals surface area contributed by atoms with Gasteiger partial charge < -0.3 is 9.30 Å². The molecule has 1 aromatic carbocycles. The van der Waals surface area contributed by atoms with E-state index in [-0.39, 0.29) is 6.10 Å². The Bertz CT molecular complexity index is 646. The van der Waals surface area contributed by atoms with Crippen molar-refractivity contribution < 1.29 is 4.74 Å². The van der Waals surface area contributed by atoms with E-state index in [1.807, 2.05) is 24.7 Å². The predicted octanol–water partition coefficient (Wildman–Crippen LogP) is 7.87. The largest absolute Gasteiger partial charge is 0.373 e. The molecule has 0 fully saturated rings. The van der Waals surface area contributed by atoms with E-state index in [4.69, 9.17) is 27.9 Å². The van der Waals surface area contributed by atoms with Crippen molar-refractivity contribution in [3.8, 4) is 0 Å². The average Bonchev–Trinajstić information content (AvgIpc) is 3.20. The van der Waals surface area contributed by atoms with E-state index >= 15 is 0 Å². The highest BCUT2D eigenvalue weighted by Crippen LogP contribution is 2.31. The van der Waals surface area contributed by atoms with E-state index in [1.165, 1.54) is 51.4 Å². The molecule has 2 rings (SSSR count). The highest BCUT2D eigenvalue weighted by Gasteiger charge is 2.16. The number of benzene rings is 1. The lowest BCUT2D eigenvalue weighted by Gasteiger charge is -2.20. The van der Waals surface area contributed by atoms with Gasteiger partial charge in [-0.3, -0.25) is 0 Å². The fourth-order valence-corrected chi connectivity index (χ4v) is 3.95. The maximum atomic E-state index is 6.43. The molecule has 3 nitrogen and oxygen atoms in total. The van der Waals surface area contributed by atoms with Gasteiger partial charge in [-0.2, -0.15) is 0 Å². The summed E-state index contributed by atoms with van der Waals surface area (Å²) in [5.41, 5.74) is 1.02. The first-order chi connectivity index (χ1) is 13.7. The Morgan fingerprint density at radius 3 is 2.36 bits per heavy atom. The summed E-state index contributed by atoms with van der Waals surface area (Å²) in [4.78, 5) is 4.11. The number of ether oxygens (including phenoxy) is 1. The van der Waals surface area contributed by atoms with Gasteiger partial charge in [-0.05, 0) is 30.5 Å². The van der Waals surface area contributed by atoms with Gasteiger partial charge in [-0.1, -0.05) is 87.6 Å². The minimum absolute atomic E-state index is 0.0267. The minimum atomic E-state index is -0.0267. The number of hydrogen-bond donors (Lipinski definition) is 0. The first kappa shape index (κ1) is 23.3. The number of imidazole rings is 1. The Labute approximate surface area is 180 Å². The summed E-state index contributed by atoms with van der Waals surface area (Å²) in [6.45, 7) is 3.88. The van der Waals surface area contributed by atoms with Gasteiger partial charge >= 0.3 is 0 Å². The molecule has 0 saturated heterocycles. The third kappa shape index (κ3) is 8.98. The molecular formula is C23H34Cl2N2O. The third-order valence-electron chi connectivity index (χ3n) is 5.08. The molecule has 0 aliphatic carbocycles. The minimum Gasteiger partial charge on any atom is -0.373 e. The summed E-state index contributed by atoms with van der Waals surface area (Å²) in [7, 11) is 0. The molecule has 0 radical (unpaired) electrons. The molecule has 0 spiro atoms. The molecule has 0 aliphatic rings. The van der Waals surface area contributed by atoms with Crippen LogP contribution in [-0.4, -0.2) is 16.2 Å². The van der Waals surface area contributed by atoms with E-state index in [1.54, 1.807) is 12.3 Å². The van der Waals surface area contributed by atoms with E-state index < -0.39 is 0 Å². The number of aromatic nitrogens is 2. The van der Waals surface area contributed by atoms with Crippen LogP contribution in [0.1, 0.15) is 82.8 Å². The van der Waals surface area contributed by atoms with Crippen molar-refractivity contribution in [1.82, 2.24) is 9.55 Å². The van der Waals surface area contributed by atoms with Crippen LogP contribution >= 0.6 is 23.2 Å². The molecule has 0 bridgehead atoms. The summed E-state index contributed by atoms with van der Waals surface area (Å²) < 4.78 is 8.31. The smallest absolute Gasteiger partial charge is 0.0945 e. The molecule has 28 heavy (non-hydrogen) atoms. The number of halogens is 2. The Kier molecular flexibility index (Phi) is 11.7. The summed E-state index contributed by atoms with van der Waals surface area (Å²) >= 11 is 12.5. The monoisotopic (exact) mass is 424 g/mol. The highest BCUT2D eigenvalue weighted by atomic mass is 35.5. The molecule has 0 N–H and O–H groups in total. The zero-order valence-corrected chi connectivity index (χ0v) is 18.6. The molecule has 1 atom stereocenters. The number of aryl methyl sites for hydroxylation is 1. The molecule has 5 heteroatoms. The molecule has 0 amide bonds. The summed E-state index contributed by atoms with van der Waals surface area (Å²) in [5.74, 6) is 0. The number of hydrogen-bond acceptors (Lipinski definition) is 2. The van der Waals surface area contributed by atoms with Crippen molar-refractivity contribution in [2.45, 2.75) is 83.8 Å². The van der Waals surface area contributed by atoms with Crippen molar-refractivity contribution in [2.24, 2.45) is 0 Å². The van der Waals surface area contributed by atoms with E-state index in [0.29, 0.717) is 10.0 Å². The second kappa shape index (κ2) is 14.0. The summed E-state index contributed by atoms with van der Waals surface area (Å²) in [6.07, 6.45) is 18.3. The Balaban J connectivity index is 1.73. The van der Waals surface area contributed by atoms with Crippen molar-refractivity contribution in [3.05, 3.63) is 52.5 Å². The van der Waals surface area contributed by atoms with Gasteiger partial charge in [0.15, 0.2) is 0 Å². The molecule has 1 aromatic heterocycles. The third-order valence-corrected chi connectivity index (χ3v) is 5.65. The van der Waals surface area contributed by atoms with Crippen molar-refractivity contribution in [1.29, 1.82) is 0 Å². The van der Waals surface area contributed by atoms with Crippen molar-refractivity contribution in [3.63, 3.8) is 0 Å². The van der Waals surface area contributed by atoms with Crippen LogP contribution in [-0.2, 0) is 11.3 Å². The van der Waals surface area contributed by atoms with Crippen LogP contribution in [0.5, 0.6) is 0 Å². The topological polar surface area (TPSA) is 27.1 Å². The van der Waals surface area contributed by atoms with Gasteiger partial charge in [0, 0.05) is 35.6 Å². The Morgan fingerprint density at radius 2 is 1.71 bits per heavy atom. The zero-order valence-electron chi connectivity index (χ0n) is 17.1. The SMILES string of the molecule is CCCCCCCCCCCOC(CCn1ccnc1)c1ccc(Cl)cc1Cl. The van der Waals surface area contributed by atoms with Gasteiger partial charge in [-0.15, -0.1) is 0 Å². The predicted molar refractivity (Wildman–Crippen MR) is 119 cm³/mol. The normalized spacial score (nSPS) is 12.4. The Morgan fingerprint density at radius 1 is 1.00 bits per heavy atom. The second-order valence-corrected chi connectivity index (χ2v) is 8.29. The van der Waals surface area contributed by atoms with E-state index in [9.17, 15) is 0 Å². The Hall–Kier alpha value is -1.03. The molecular weight excluding hydrogens is 391 g/mol. The molecule has 0 aliphatic heterocycles. The first-order valence-electron chi connectivity index (χ1n) is 10.7. The molecule has 2 aromatic rings. The highest BCUT2D eigenvalue weighted by molar-refractivity contribution is 6.35. The van der Waals surface area contributed by atoms with Crippen LogP contribution in [0.2, 0.25) is 10.0 Å². The molecule has 1 unspecified atom stereocenters. The number of rotatable bonds is 15. The fraction of sp³-hybridized carbons (Fsp3) is 0.609. The van der Waals surface area contributed by atoms with Gasteiger partial charge in [0.2, 0.25) is 0 Å². The van der Waals surface area contributed by atoms with Crippen LogP contribution < -0.4 is 0 Å². The molecule has 0 saturated carbocycles. The van der Waals surface area contributed by atoms with Crippen LogP contribution in [0.25, 0.3) is 0 Å². The number of nitrogens with zero attached hydrogens (tertiary/aromatic N) is 2. The van der Waals surface area contributed by atoms with Gasteiger partial charge in [0.25, 0.3) is 0 Å². The van der Waals surface area contributed by atoms with Gasteiger partial charge in [0.1, 0.15) is 0 Å². The summed E-state index contributed by atoms with van der Waals surface area (Å²) in [6, 6.07) is 5.67. The van der Waals surface area contributed by atoms with Crippen molar-refractivity contribution in [2.75, 3.05) is 6.61 Å². The van der Waals surface area contributed by atoms with Crippen LogP contribution in [0.15, 0.2) is 36.9 Å². The lowest BCUT2D eigenvalue weighted by Crippen LogP contribution is -2.10. The molecule has 1 heterocycles. The average molecular weight is 425 g/mol. The van der Waals surface area contributed by atoms with E-state index in [0.717, 1.165) is 31.6 Å². The quantitative estimate of drug-likeness (QED) is 0.272. The maximum absolute atomic E-state index is 6.43. The number of unbranched alkanes of at least 4 members (excludes halogenated alkanes) is 8. The van der Waals surface area contributed by atoms with E-state index in [2.05, 4.69) is 16.5 Å². The zero-order chi connectivity index (χ0) is 20.0. The van der Waals surface area contributed by atoms with Crippen LogP contribution in [0.3, 0.4) is 0 Å².